The quantitative estimate of drug-likeness (QED) is 0.0404. The number of benzene rings is 2. The third kappa shape index (κ3) is 8.96. The van der Waals surface area contributed by atoms with E-state index in [9.17, 15) is 9.59 Å². The van der Waals surface area contributed by atoms with Crippen molar-refractivity contribution in [1.29, 1.82) is 0 Å². The number of nitrogens with zero attached hydrogens (tertiary/aromatic N) is 3. The van der Waals surface area contributed by atoms with Crippen LogP contribution < -0.4 is 27.3 Å². The maximum Gasteiger partial charge on any atom is 0.310 e. The van der Waals surface area contributed by atoms with E-state index in [2.05, 4.69) is 20.7 Å². The zero-order chi connectivity index (χ0) is 31.5. The van der Waals surface area contributed by atoms with E-state index in [1.807, 2.05) is 18.2 Å². The molecule has 0 radical (unpaired) electrons. The average molecular weight is 644 g/mol. The summed E-state index contributed by atoms with van der Waals surface area (Å²) in [5.41, 5.74) is 4.08. The lowest BCUT2D eigenvalue weighted by Gasteiger charge is -2.18. The molecule has 1 aliphatic heterocycles. The molecule has 3 aromatic rings. The lowest BCUT2D eigenvalue weighted by molar-refractivity contribution is -0.144. The molecule has 2 bridgehead atoms. The molecule has 4 rings (SSSR count). The smallest absolute Gasteiger partial charge is 0.310 e. The summed E-state index contributed by atoms with van der Waals surface area (Å²) in [6.07, 6.45) is 7.74. The third-order valence-corrected chi connectivity index (χ3v) is 7.43. The van der Waals surface area contributed by atoms with Crippen molar-refractivity contribution in [3.8, 4) is 11.3 Å². The second-order valence-corrected chi connectivity index (χ2v) is 10.9. The summed E-state index contributed by atoms with van der Waals surface area (Å²) < 4.78 is 10.2. The molecule has 2 aromatic carbocycles. The number of imidazole rings is 1. The Morgan fingerprint density at radius 3 is 2.82 bits per heavy atom. The molecule has 14 heteroatoms. The number of carbonyl (C=O) groups is 2. The van der Waals surface area contributed by atoms with Crippen LogP contribution in [0.2, 0.25) is 10.2 Å². The molecule has 1 amide bonds. The van der Waals surface area contributed by atoms with Crippen LogP contribution in [0.5, 0.6) is 0 Å². The van der Waals surface area contributed by atoms with Crippen molar-refractivity contribution in [2.45, 2.75) is 38.1 Å². The Balaban J connectivity index is 1.55. The molecule has 44 heavy (non-hydrogen) atoms. The minimum absolute atomic E-state index is 0.125. The van der Waals surface area contributed by atoms with Gasteiger partial charge >= 0.3 is 5.97 Å². The molecule has 0 spiro atoms. The summed E-state index contributed by atoms with van der Waals surface area (Å²) in [7, 11) is 1.55. The Morgan fingerprint density at radius 2 is 2.02 bits per heavy atom. The fraction of sp³-hybridized carbons (Fsp3) is 0.333. The van der Waals surface area contributed by atoms with E-state index in [0.29, 0.717) is 46.0 Å². The minimum Gasteiger partial charge on any atom is -0.463 e. The van der Waals surface area contributed by atoms with E-state index in [-0.39, 0.29) is 24.9 Å². The van der Waals surface area contributed by atoms with Crippen molar-refractivity contribution in [3.63, 3.8) is 0 Å². The second kappa shape index (κ2) is 16.1. The van der Waals surface area contributed by atoms with Crippen molar-refractivity contribution >= 4 is 58.9 Å². The van der Waals surface area contributed by atoms with Gasteiger partial charge in [0.25, 0.3) is 0 Å². The van der Waals surface area contributed by atoms with Gasteiger partial charge in [0, 0.05) is 41.6 Å². The summed E-state index contributed by atoms with van der Waals surface area (Å²) in [6, 6.07) is 10.3. The molecule has 0 saturated heterocycles. The number of hydrogen-bond acceptors (Lipinski definition) is 9. The van der Waals surface area contributed by atoms with Crippen LogP contribution in [0.4, 0.5) is 11.4 Å². The van der Waals surface area contributed by atoms with E-state index in [1.54, 1.807) is 31.4 Å². The predicted octanol–water partition coefficient (Wildman–Crippen LogP) is 4.55. The highest BCUT2D eigenvalue weighted by Gasteiger charge is 2.22. The minimum atomic E-state index is -0.412. The van der Waals surface area contributed by atoms with Crippen molar-refractivity contribution < 1.29 is 19.1 Å². The average Bonchev–Trinajstić information content (AvgIpc) is 3.38. The number of rotatable bonds is 10. The maximum absolute atomic E-state index is 13.1. The van der Waals surface area contributed by atoms with E-state index < -0.39 is 6.04 Å². The van der Waals surface area contributed by atoms with Crippen molar-refractivity contribution in [2.75, 3.05) is 37.2 Å². The Labute approximate surface area is 265 Å². The molecule has 0 aliphatic carbocycles. The van der Waals surface area contributed by atoms with Gasteiger partial charge in [0.2, 0.25) is 5.91 Å². The Kier molecular flexibility index (Phi) is 12.0. The molecule has 2 heterocycles. The zero-order valence-electron chi connectivity index (χ0n) is 24.3. The van der Waals surface area contributed by atoms with Crippen molar-refractivity contribution in [1.82, 2.24) is 15.3 Å². The molecular weight excluding hydrogens is 607 g/mol. The molecular formula is C30H36Cl2N8O4. The molecule has 0 saturated carbocycles. The molecule has 1 aliphatic rings. The van der Waals surface area contributed by atoms with Gasteiger partial charge in [-0.15, -0.1) is 0 Å². The third-order valence-electron chi connectivity index (χ3n) is 6.92. The van der Waals surface area contributed by atoms with Crippen LogP contribution in [0.15, 0.2) is 47.6 Å². The number of fused-ring (bicyclic) bond motifs is 4. The monoisotopic (exact) mass is 642 g/mol. The van der Waals surface area contributed by atoms with E-state index in [4.69, 9.17) is 49.3 Å². The van der Waals surface area contributed by atoms with Crippen LogP contribution in [-0.2, 0) is 25.5 Å². The molecule has 1 aromatic heterocycles. The fourth-order valence-electron chi connectivity index (χ4n) is 4.79. The summed E-state index contributed by atoms with van der Waals surface area (Å²) in [5, 5.41) is 12.0. The number of hydrazine groups is 1. The van der Waals surface area contributed by atoms with Gasteiger partial charge in [-0.2, -0.15) is 5.10 Å². The van der Waals surface area contributed by atoms with E-state index in [0.717, 1.165) is 42.6 Å². The van der Waals surface area contributed by atoms with Gasteiger partial charge in [-0.3, -0.25) is 14.6 Å². The maximum atomic E-state index is 13.1. The number of aromatic nitrogens is 2. The number of ether oxygens (including phenoxy) is 2. The number of halogens is 2. The molecule has 234 valence electrons. The molecule has 7 N–H and O–H groups in total. The standard InChI is InChI=1S/C30H36Cl2N8O4/c1-43-13-14-44-27(42)16-19-6-9-22-24(15-19)35-12-4-2-3-5-23(30-38-28(22)29(32)39-30)37-26(41)11-7-20-17-21(31)8-10-25(20)40(34)18-36-33/h6-11,15,17-18,23,35H,2-5,12-14,16,33-34H2,1H3,(H,37,41)(H,38,39)/b11-7+,36-18-/t23-/m0/s1. The number of hydrazone groups is 1. The lowest BCUT2D eigenvalue weighted by Crippen LogP contribution is -2.30. The van der Waals surface area contributed by atoms with Crippen LogP contribution in [0.3, 0.4) is 0 Å². The van der Waals surface area contributed by atoms with Crippen LogP contribution in [0.1, 0.15) is 48.7 Å². The number of nitrogens with two attached hydrogens (primary N) is 2. The molecule has 0 fully saturated rings. The van der Waals surface area contributed by atoms with Crippen molar-refractivity contribution in [2.24, 2.45) is 16.8 Å². The predicted molar refractivity (Wildman–Crippen MR) is 173 cm³/mol. The van der Waals surface area contributed by atoms with Gasteiger partial charge in [0.15, 0.2) is 0 Å². The highest BCUT2D eigenvalue weighted by Crippen LogP contribution is 2.35. The number of hydrogen-bond donors (Lipinski definition) is 5. The van der Waals surface area contributed by atoms with Gasteiger partial charge in [-0.25, -0.2) is 10.8 Å². The number of anilines is 2. The number of H-pyrrole nitrogens is 1. The Hall–Kier alpha value is -4.10. The van der Waals surface area contributed by atoms with E-state index in [1.165, 1.54) is 17.4 Å². The largest absolute Gasteiger partial charge is 0.463 e. The number of amides is 1. The first-order chi connectivity index (χ1) is 21.3. The normalized spacial score (nSPS) is 15.2. The first kappa shape index (κ1) is 32.8. The Bertz CT molecular complexity index is 1510. The molecule has 1 atom stereocenters. The van der Waals surface area contributed by atoms with Gasteiger partial charge in [-0.05, 0) is 48.7 Å². The summed E-state index contributed by atoms with van der Waals surface area (Å²) >= 11 is 12.8. The fourth-order valence-corrected chi connectivity index (χ4v) is 5.21. The number of aromatic amines is 1. The second-order valence-electron chi connectivity index (χ2n) is 10.1. The van der Waals surface area contributed by atoms with Crippen LogP contribution in [0.25, 0.3) is 17.3 Å². The Morgan fingerprint density at radius 1 is 1.18 bits per heavy atom. The number of methoxy groups -OCH3 is 1. The number of carbonyl (C=O) groups excluding carboxylic acids is 2. The SMILES string of the molecule is COCCOC(=O)Cc1ccc2c(c1)NCCCCC[C@H](NC(=O)/C=C/c1cc(Cl)ccc1N(N)/C=N\N)c1nc-2c(Cl)[nH]1. The summed E-state index contributed by atoms with van der Waals surface area (Å²) in [5.74, 6) is 11.1. The molecule has 0 unspecified atom stereocenters. The highest BCUT2D eigenvalue weighted by atomic mass is 35.5. The van der Waals surface area contributed by atoms with Gasteiger partial charge in [0.1, 0.15) is 29.6 Å². The van der Waals surface area contributed by atoms with Crippen LogP contribution in [0, 0.1) is 0 Å². The first-order valence-corrected chi connectivity index (χ1v) is 14.9. The van der Waals surface area contributed by atoms with Gasteiger partial charge < -0.3 is 30.9 Å². The highest BCUT2D eigenvalue weighted by molar-refractivity contribution is 6.32. The van der Waals surface area contributed by atoms with Crippen molar-refractivity contribution in [3.05, 3.63) is 69.6 Å². The topological polar surface area (TPSA) is 173 Å². The molecule has 12 nitrogen and oxygen atoms in total. The first-order valence-electron chi connectivity index (χ1n) is 14.1. The van der Waals surface area contributed by atoms with E-state index >= 15 is 0 Å². The lowest BCUT2D eigenvalue weighted by atomic mass is 10.0. The van der Waals surface area contributed by atoms with Crippen LogP contribution in [-0.4, -0.2) is 55.1 Å². The summed E-state index contributed by atoms with van der Waals surface area (Å²) in [6.45, 7) is 1.27. The van der Waals surface area contributed by atoms with Gasteiger partial charge in [0.05, 0.1) is 24.8 Å². The zero-order valence-corrected chi connectivity index (χ0v) is 25.8. The van der Waals surface area contributed by atoms with Gasteiger partial charge in [-0.1, -0.05) is 48.2 Å². The number of nitrogens with one attached hydrogen (secondary N) is 3. The number of esters is 1. The summed E-state index contributed by atoms with van der Waals surface area (Å²) in [4.78, 5) is 33.3. The van der Waals surface area contributed by atoms with Crippen LogP contribution >= 0.6 is 23.2 Å².